The average Bonchev–Trinajstić information content (AvgIpc) is 2.54. The van der Waals surface area contributed by atoms with Crippen molar-refractivity contribution in [1.29, 1.82) is 0 Å². The fourth-order valence-corrected chi connectivity index (χ4v) is 2.31. The molecule has 0 unspecified atom stereocenters. The molecule has 2 rings (SSSR count). The van der Waals surface area contributed by atoms with Gasteiger partial charge >= 0.3 is 18.0 Å². The molecular formula is C16H17F6N3O. The molecule has 1 aromatic rings. The number of hydrogen-bond donors (Lipinski definition) is 0. The first-order valence-corrected chi connectivity index (χ1v) is 7.78. The molecule has 0 aromatic heterocycles. The molecule has 0 saturated heterocycles. The molecule has 0 saturated carbocycles. The number of ether oxygens (including phenoxy) is 1. The number of benzene rings is 1. The zero-order valence-electron chi connectivity index (χ0n) is 14.2. The van der Waals surface area contributed by atoms with Crippen molar-refractivity contribution in [2.75, 3.05) is 13.1 Å². The minimum Gasteiger partial charge on any atom is -0.406 e. The number of aliphatic imine (C=N–C) groups is 2. The fraction of sp³-hybridized carbons (Fsp3) is 0.500. The minimum atomic E-state index is -5.79. The molecule has 1 aliphatic heterocycles. The number of nitrogens with zero attached hydrogens (tertiary/aromatic N) is 3. The Balaban J connectivity index is 2.70. The molecule has 0 fully saturated rings. The van der Waals surface area contributed by atoms with Gasteiger partial charge in [0.2, 0.25) is 5.90 Å². The van der Waals surface area contributed by atoms with E-state index in [9.17, 15) is 26.3 Å². The first kappa shape index (κ1) is 20.1. The molecule has 1 heterocycles. The minimum absolute atomic E-state index is 0.00645. The Morgan fingerprint density at radius 3 is 1.85 bits per heavy atom. The highest BCUT2D eigenvalue weighted by Gasteiger charge is 2.74. The normalized spacial score (nSPS) is 17.3. The van der Waals surface area contributed by atoms with Crippen LogP contribution in [0.2, 0.25) is 0 Å². The summed E-state index contributed by atoms with van der Waals surface area (Å²) < 4.78 is 86.1. The maximum absolute atomic E-state index is 13.5. The number of halogens is 6. The van der Waals surface area contributed by atoms with Crippen LogP contribution in [0.4, 0.5) is 26.3 Å². The van der Waals surface area contributed by atoms with E-state index >= 15 is 0 Å². The summed E-state index contributed by atoms with van der Waals surface area (Å²) in [5.74, 6) is -0.781. The topological polar surface area (TPSA) is 37.2 Å². The van der Waals surface area contributed by atoms with E-state index < -0.39 is 29.9 Å². The molecule has 1 aliphatic rings. The van der Waals surface area contributed by atoms with Gasteiger partial charge < -0.3 is 9.64 Å². The first-order valence-electron chi connectivity index (χ1n) is 7.78. The van der Waals surface area contributed by atoms with Crippen LogP contribution in [-0.2, 0) is 4.74 Å². The highest BCUT2D eigenvalue weighted by atomic mass is 19.4. The van der Waals surface area contributed by atoms with E-state index in [2.05, 4.69) is 9.98 Å². The van der Waals surface area contributed by atoms with Crippen molar-refractivity contribution in [2.45, 2.75) is 38.8 Å². The standard InChI is InChI=1S/C16H17F6N3O/c1-4-25(5-2)13-24-14(15(17,18)19,16(20,21)22)23-12(26-13)11-8-6-10(3)7-9-11/h6-9H,4-5H2,1-3H3. The highest BCUT2D eigenvalue weighted by molar-refractivity contribution is 6.02. The van der Waals surface area contributed by atoms with Crippen molar-refractivity contribution in [3.05, 3.63) is 35.4 Å². The third kappa shape index (κ3) is 3.49. The van der Waals surface area contributed by atoms with Crippen LogP contribution in [0.15, 0.2) is 34.3 Å². The molecule has 0 spiro atoms. The Bertz CT molecular complexity index is 688. The molecule has 1 aromatic carbocycles. The van der Waals surface area contributed by atoms with Crippen molar-refractivity contribution >= 4 is 11.9 Å². The number of aryl methyl sites for hydroxylation is 1. The van der Waals surface area contributed by atoms with E-state index in [1.165, 1.54) is 24.3 Å². The van der Waals surface area contributed by atoms with Gasteiger partial charge in [-0.05, 0) is 32.9 Å². The summed E-state index contributed by atoms with van der Waals surface area (Å²) in [5.41, 5.74) is -3.84. The van der Waals surface area contributed by atoms with Gasteiger partial charge in [-0.25, -0.2) is 4.99 Å². The van der Waals surface area contributed by atoms with Gasteiger partial charge in [0, 0.05) is 18.7 Å². The summed E-state index contributed by atoms with van der Waals surface area (Å²) in [5, 5.41) is 0. The van der Waals surface area contributed by atoms with Crippen LogP contribution in [0, 0.1) is 6.92 Å². The second kappa shape index (κ2) is 6.81. The average molecular weight is 381 g/mol. The highest BCUT2D eigenvalue weighted by Crippen LogP contribution is 2.48. The molecule has 0 N–H and O–H groups in total. The molecule has 26 heavy (non-hydrogen) atoms. The predicted octanol–water partition coefficient (Wildman–Crippen LogP) is 4.29. The summed E-state index contributed by atoms with van der Waals surface area (Å²) in [6, 6.07) is 4.99. The van der Waals surface area contributed by atoms with E-state index in [0.717, 1.165) is 10.5 Å². The number of alkyl halides is 6. The second-order valence-electron chi connectivity index (χ2n) is 5.62. The molecule has 0 aliphatic carbocycles. The van der Waals surface area contributed by atoms with Gasteiger partial charge in [-0.15, -0.1) is 0 Å². The van der Waals surface area contributed by atoms with E-state index in [0.29, 0.717) is 0 Å². The quantitative estimate of drug-likeness (QED) is 0.733. The lowest BCUT2D eigenvalue weighted by atomic mass is 10.1. The molecule has 0 atom stereocenters. The third-order valence-corrected chi connectivity index (χ3v) is 3.83. The SMILES string of the molecule is CCN(CC)C1=NC(C(F)(F)F)(C(F)(F)F)N=C(c2ccc(C)cc2)O1. The Morgan fingerprint density at radius 1 is 0.923 bits per heavy atom. The summed E-state index contributed by atoms with van der Waals surface area (Å²) >= 11 is 0. The number of rotatable bonds is 3. The van der Waals surface area contributed by atoms with E-state index in [-0.39, 0.29) is 18.7 Å². The van der Waals surface area contributed by atoms with Crippen LogP contribution >= 0.6 is 0 Å². The van der Waals surface area contributed by atoms with Crippen molar-refractivity contribution in [2.24, 2.45) is 9.98 Å². The molecule has 10 heteroatoms. The van der Waals surface area contributed by atoms with E-state index in [4.69, 9.17) is 4.74 Å². The zero-order valence-corrected chi connectivity index (χ0v) is 14.2. The van der Waals surface area contributed by atoms with Crippen molar-refractivity contribution in [3.63, 3.8) is 0 Å². The maximum atomic E-state index is 13.5. The van der Waals surface area contributed by atoms with Crippen LogP contribution < -0.4 is 0 Å². The molecule has 4 nitrogen and oxygen atoms in total. The Labute approximate surface area is 146 Å². The Kier molecular flexibility index (Phi) is 5.25. The molecule has 144 valence electrons. The van der Waals surface area contributed by atoms with Gasteiger partial charge in [-0.2, -0.15) is 31.3 Å². The third-order valence-electron chi connectivity index (χ3n) is 3.83. The van der Waals surface area contributed by atoms with Crippen LogP contribution in [0.1, 0.15) is 25.0 Å². The lowest BCUT2D eigenvalue weighted by Gasteiger charge is -2.36. The van der Waals surface area contributed by atoms with Crippen LogP contribution in [0.3, 0.4) is 0 Å². The lowest BCUT2D eigenvalue weighted by Crippen LogP contribution is -2.58. The Hall–Kier alpha value is -2.26. The predicted molar refractivity (Wildman–Crippen MR) is 84.0 cm³/mol. The van der Waals surface area contributed by atoms with E-state index in [1.807, 2.05) is 0 Å². The first-order chi connectivity index (χ1) is 11.9. The van der Waals surface area contributed by atoms with E-state index in [1.54, 1.807) is 20.8 Å². The number of hydrogen-bond acceptors (Lipinski definition) is 4. The molecule has 0 bridgehead atoms. The van der Waals surface area contributed by atoms with Crippen molar-refractivity contribution in [3.8, 4) is 0 Å². The zero-order chi connectivity index (χ0) is 19.8. The molecular weight excluding hydrogens is 364 g/mol. The van der Waals surface area contributed by atoms with Gasteiger partial charge in [-0.1, -0.05) is 17.7 Å². The maximum Gasteiger partial charge on any atom is 0.443 e. The van der Waals surface area contributed by atoms with Crippen LogP contribution in [0.5, 0.6) is 0 Å². The van der Waals surface area contributed by atoms with Crippen molar-refractivity contribution < 1.29 is 31.1 Å². The van der Waals surface area contributed by atoms with Gasteiger partial charge in [0.15, 0.2) is 0 Å². The summed E-state index contributed by atoms with van der Waals surface area (Å²) in [6.07, 6.45) is -11.6. The lowest BCUT2D eigenvalue weighted by molar-refractivity contribution is -0.293. The van der Waals surface area contributed by atoms with Crippen molar-refractivity contribution in [1.82, 2.24) is 4.90 Å². The fourth-order valence-electron chi connectivity index (χ4n) is 2.31. The van der Waals surface area contributed by atoms with Gasteiger partial charge in [0.1, 0.15) is 0 Å². The molecule has 0 amide bonds. The van der Waals surface area contributed by atoms with Gasteiger partial charge in [-0.3, -0.25) is 0 Å². The largest absolute Gasteiger partial charge is 0.443 e. The number of amidine groups is 1. The molecule has 0 radical (unpaired) electrons. The smallest absolute Gasteiger partial charge is 0.406 e. The van der Waals surface area contributed by atoms with Crippen LogP contribution in [-0.4, -0.2) is 47.9 Å². The van der Waals surface area contributed by atoms with Crippen LogP contribution in [0.25, 0.3) is 0 Å². The monoisotopic (exact) mass is 381 g/mol. The van der Waals surface area contributed by atoms with Gasteiger partial charge in [0.25, 0.3) is 6.02 Å². The van der Waals surface area contributed by atoms with Gasteiger partial charge in [0.05, 0.1) is 0 Å². The summed E-state index contributed by atoms with van der Waals surface area (Å²) in [4.78, 5) is 6.92. The summed E-state index contributed by atoms with van der Waals surface area (Å²) in [6.45, 7) is 5.08. The summed E-state index contributed by atoms with van der Waals surface area (Å²) in [7, 11) is 0. The Morgan fingerprint density at radius 2 is 1.42 bits per heavy atom. The second-order valence-corrected chi connectivity index (χ2v) is 5.62.